The first-order valence-corrected chi connectivity index (χ1v) is 5.09. The average Bonchev–Trinajstić information content (AvgIpc) is 2.81. The number of nitriles is 1. The molecule has 0 fully saturated rings. The Labute approximate surface area is 90.2 Å². The number of hydrogen-bond acceptors (Lipinski definition) is 3. The zero-order valence-electron chi connectivity index (χ0n) is 9.60. The lowest BCUT2D eigenvalue weighted by atomic mass is 10.5. The summed E-state index contributed by atoms with van der Waals surface area (Å²) in [6.07, 6.45) is 6.65. The van der Waals surface area contributed by atoms with Crippen molar-refractivity contribution in [2.75, 3.05) is 0 Å². The van der Waals surface area contributed by atoms with Gasteiger partial charge in [0.05, 0.1) is 6.20 Å². The first-order valence-electron chi connectivity index (χ1n) is 5.09. The van der Waals surface area contributed by atoms with E-state index >= 15 is 0 Å². The highest BCUT2D eigenvalue weighted by molar-refractivity contribution is 5.36. The van der Waals surface area contributed by atoms with Crippen molar-refractivity contribution in [1.29, 1.82) is 5.26 Å². The van der Waals surface area contributed by atoms with E-state index in [0.717, 1.165) is 5.65 Å². The number of aromatic nitrogens is 3. The van der Waals surface area contributed by atoms with E-state index in [0.29, 0.717) is 5.69 Å². The minimum Gasteiger partial charge on any atom is -0.303 e. The van der Waals surface area contributed by atoms with Gasteiger partial charge in [-0.2, -0.15) is 5.26 Å². The number of nitrogens with zero attached hydrogens (tertiary/aromatic N) is 4. The number of hydrogen-bond donors (Lipinski definition) is 0. The van der Waals surface area contributed by atoms with Crippen LogP contribution in [0.25, 0.3) is 5.65 Å². The van der Waals surface area contributed by atoms with Gasteiger partial charge in [0.2, 0.25) is 0 Å². The maximum atomic E-state index is 8.49. The van der Waals surface area contributed by atoms with E-state index in [9.17, 15) is 0 Å². The Morgan fingerprint density at radius 2 is 1.87 bits per heavy atom. The summed E-state index contributed by atoms with van der Waals surface area (Å²) in [7, 11) is 0. The molecule has 0 N–H and O–H groups in total. The summed E-state index contributed by atoms with van der Waals surface area (Å²) in [5.41, 5.74) is 1.15. The Morgan fingerprint density at radius 3 is 2.47 bits per heavy atom. The van der Waals surface area contributed by atoms with Crippen molar-refractivity contribution in [3.05, 3.63) is 30.5 Å². The Balaban J connectivity index is 0.000000442. The Bertz CT molecular complexity index is 425. The molecule has 0 amide bonds. The minimum atomic E-state index is 0.399. The molecule has 0 unspecified atom stereocenters. The molecule has 80 valence electrons. The van der Waals surface area contributed by atoms with Crippen LogP contribution in [0.2, 0.25) is 0 Å². The van der Waals surface area contributed by atoms with Gasteiger partial charge in [0.25, 0.3) is 0 Å². The van der Waals surface area contributed by atoms with Gasteiger partial charge in [0.1, 0.15) is 6.07 Å². The standard InChI is InChI=1S/C7H4N4.2C2H6/c8-3-6-5-11-2-1-9-7(11)4-10-6;2*1-2/h1-2,4-5H;2*1-2H3. The van der Waals surface area contributed by atoms with Crippen LogP contribution in [-0.2, 0) is 0 Å². The summed E-state index contributed by atoms with van der Waals surface area (Å²) in [5.74, 6) is 0. The molecule has 0 radical (unpaired) electrons. The SMILES string of the molecule is CC.CC.N#Cc1cn2ccnc2cn1. The molecule has 0 aliphatic carbocycles. The predicted molar refractivity (Wildman–Crippen MR) is 60.4 cm³/mol. The molecule has 2 heterocycles. The second-order valence-corrected chi connectivity index (χ2v) is 2.08. The van der Waals surface area contributed by atoms with Crippen molar-refractivity contribution >= 4 is 5.65 Å². The molecule has 0 aliphatic heterocycles. The van der Waals surface area contributed by atoms with Gasteiger partial charge in [-0.15, -0.1) is 0 Å². The summed E-state index contributed by atoms with van der Waals surface area (Å²) in [5, 5.41) is 8.49. The fourth-order valence-electron chi connectivity index (χ4n) is 0.884. The Hall–Kier alpha value is -1.89. The summed E-state index contributed by atoms with van der Waals surface area (Å²) < 4.78 is 1.76. The summed E-state index contributed by atoms with van der Waals surface area (Å²) in [6.45, 7) is 8.00. The minimum absolute atomic E-state index is 0.399. The van der Waals surface area contributed by atoms with Crippen LogP contribution in [0.1, 0.15) is 33.4 Å². The zero-order chi connectivity index (χ0) is 11.7. The number of rotatable bonds is 0. The largest absolute Gasteiger partial charge is 0.303 e. The topological polar surface area (TPSA) is 54.0 Å². The molecule has 15 heavy (non-hydrogen) atoms. The highest BCUT2D eigenvalue weighted by Gasteiger charge is 1.94. The Morgan fingerprint density at radius 1 is 1.20 bits per heavy atom. The highest BCUT2D eigenvalue weighted by Crippen LogP contribution is 1.98. The lowest BCUT2D eigenvalue weighted by Crippen LogP contribution is -1.88. The fourth-order valence-corrected chi connectivity index (χ4v) is 0.884. The lowest BCUT2D eigenvalue weighted by molar-refractivity contribution is 1.10. The van der Waals surface area contributed by atoms with E-state index in [-0.39, 0.29) is 0 Å². The van der Waals surface area contributed by atoms with Crippen LogP contribution in [0.3, 0.4) is 0 Å². The molecule has 0 aromatic carbocycles. The third kappa shape index (κ3) is 3.39. The van der Waals surface area contributed by atoms with Crippen LogP contribution in [0.4, 0.5) is 0 Å². The molecular weight excluding hydrogens is 188 g/mol. The van der Waals surface area contributed by atoms with Crippen molar-refractivity contribution in [2.24, 2.45) is 0 Å². The zero-order valence-corrected chi connectivity index (χ0v) is 9.60. The molecule has 2 aromatic heterocycles. The third-order valence-electron chi connectivity index (χ3n) is 1.39. The van der Waals surface area contributed by atoms with E-state index in [1.54, 1.807) is 29.2 Å². The fraction of sp³-hybridized carbons (Fsp3) is 0.364. The number of fused-ring (bicyclic) bond motifs is 1. The molecule has 4 heteroatoms. The quantitative estimate of drug-likeness (QED) is 0.663. The van der Waals surface area contributed by atoms with E-state index in [1.165, 1.54) is 0 Å². The van der Waals surface area contributed by atoms with E-state index < -0.39 is 0 Å². The van der Waals surface area contributed by atoms with Gasteiger partial charge in [0.15, 0.2) is 11.3 Å². The molecule has 2 aromatic rings. The van der Waals surface area contributed by atoms with Gasteiger partial charge in [-0.3, -0.25) is 0 Å². The average molecular weight is 204 g/mol. The monoisotopic (exact) mass is 204 g/mol. The van der Waals surface area contributed by atoms with E-state index in [1.807, 2.05) is 33.8 Å². The molecule has 2 rings (SSSR count). The summed E-state index contributed by atoms with van der Waals surface area (Å²) in [4.78, 5) is 7.84. The molecule has 0 aliphatic rings. The molecular formula is C11H16N4. The van der Waals surface area contributed by atoms with E-state index in [2.05, 4.69) is 9.97 Å². The molecule has 4 nitrogen and oxygen atoms in total. The molecule has 0 atom stereocenters. The Kier molecular flexibility index (Phi) is 6.56. The maximum Gasteiger partial charge on any atom is 0.157 e. The van der Waals surface area contributed by atoms with Crippen LogP contribution in [0, 0.1) is 11.3 Å². The lowest BCUT2D eigenvalue weighted by Gasteiger charge is -1.90. The van der Waals surface area contributed by atoms with Crippen molar-refractivity contribution in [2.45, 2.75) is 27.7 Å². The van der Waals surface area contributed by atoms with Crippen LogP contribution in [0.5, 0.6) is 0 Å². The van der Waals surface area contributed by atoms with Crippen LogP contribution >= 0.6 is 0 Å². The smallest absolute Gasteiger partial charge is 0.157 e. The van der Waals surface area contributed by atoms with Gasteiger partial charge in [-0.05, 0) is 0 Å². The predicted octanol–water partition coefficient (Wildman–Crippen LogP) is 2.65. The number of imidazole rings is 1. The van der Waals surface area contributed by atoms with Gasteiger partial charge in [-0.1, -0.05) is 27.7 Å². The van der Waals surface area contributed by atoms with Crippen LogP contribution < -0.4 is 0 Å². The van der Waals surface area contributed by atoms with Crippen molar-refractivity contribution in [3.63, 3.8) is 0 Å². The summed E-state index contributed by atoms with van der Waals surface area (Å²) in [6, 6.07) is 1.95. The summed E-state index contributed by atoms with van der Waals surface area (Å²) >= 11 is 0. The first-order chi connectivity index (χ1) is 7.40. The van der Waals surface area contributed by atoms with Gasteiger partial charge in [-0.25, -0.2) is 9.97 Å². The van der Waals surface area contributed by atoms with E-state index in [4.69, 9.17) is 5.26 Å². The second-order valence-electron chi connectivity index (χ2n) is 2.08. The molecule has 0 spiro atoms. The van der Waals surface area contributed by atoms with Crippen LogP contribution in [0.15, 0.2) is 24.8 Å². The second kappa shape index (κ2) is 7.51. The van der Waals surface area contributed by atoms with Crippen molar-refractivity contribution < 1.29 is 0 Å². The van der Waals surface area contributed by atoms with Gasteiger partial charge in [0, 0.05) is 18.6 Å². The van der Waals surface area contributed by atoms with Crippen LogP contribution in [-0.4, -0.2) is 14.4 Å². The molecule has 0 bridgehead atoms. The van der Waals surface area contributed by atoms with Gasteiger partial charge < -0.3 is 4.40 Å². The van der Waals surface area contributed by atoms with Gasteiger partial charge >= 0.3 is 0 Å². The highest BCUT2D eigenvalue weighted by atomic mass is 15.0. The third-order valence-corrected chi connectivity index (χ3v) is 1.39. The maximum absolute atomic E-state index is 8.49. The molecule has 0 saturated carbocycles. The van der Waals surface area contributed by atoms with Crippen molar-refractivity contribution in [1.82, 2.24) is 14.4 Å². The van der Waals surface area contributed by atoms with Crippen molar-refractivity contribution in [3.8, 4) is 6.07 Å². The normalized spacial score (nSPS) is 7.93. The first kappa shape index (κ1) is 13.1. The molecule has 0 saturated heterocycles.